The summed E-state index contributed by atoms with van der Waals surface area (Å²) in [5, 5.41) is 0. The van der Waals surface area contributed by atoms with E-state index in [4.69, 9.17) is 4.74 Å². The van der Waals surface area contributed by atoms with E-state index in [-0.39, 0.29) is 17.5 Å². The van der Waals surface area contributed by atoms with E-state index in [1.165, 1.54) is 0 Å². The second-order valence-corrected chi connectivity index (χ2v) is 8.01. The first-order valence-electron chi connectivity index (χ1n) is 8.77. The van der Waals surface area contributed by atoms with Crippen molar-refractivity contribution < 1.29 is 14.3 Å². The average molecular weight is 332 g/mol. The van der Waals surface area contributed by atoms with E-state index in [9.17, 15) is 9.59 Å². The molecular weight excluding hydrogens is 312 g/mol. The summed E-state index contributed by atoms with van der Waals surface area (Å²) in [5.74, 6) is -0.214. The number of ether oxygens (including phenoxy) is 1. The molecule has 5 rings (SSSR count). The van der Waals surface area contributed by atoms with Gasteiger partial charge in [-0.1, -0.05) is 67.1 Å². The zero-order valence-electron chi connectivity index (χ0n) is 14.6. The molecule has 2 unspecified atom stereocenters. The molecular formula is C22H20O3. The van der Waals surface area contributed by atoms with Crippen LogP contribution in [-0.2, 0) is 19.7 Å². The number of epoxide rings is 1. The highest BCUT2D eigenvalue weighted by Crippen LogP contribution is 2.78. The van der Waals surface area contributed by atoms with Crippen molar-refractivity contribution in [1.29, 1.82) is 0 Å². The van der Waals surface area contributed by atoms with E-state index >= 15 is 0 Å². The van der Waals surface area contributed by atoms with Crippen LogP contribution >= 0.6 is 0 Å². The highest BCUT2D eigenvalue weighted by atomic mass is 16.6. The number of hydrogen-bond acceptors (Lipinski definition) is 3. The summed E-state index contributed by atoms with van der Waals surface area (Å²) in [4.78, 5) is 26.5. The van der Waals surface area contributed by atoms with Crippen molar-refractivity contribution >= 4 is 11.6 Å². The predicted octanol–water partition coefficient (Wildman–Crippen LogP) is 3.23. The largest absolute Gasteiger partial charge is 0.350 e. The Bertz CT molecular complexity index is 914. The van der Waals surface area contributed by atoms with Gasteiger partial charge in [0.05, 0.1) is 5.41 Å². The van der Waals surface area contributed by atoms with Crippen molar-refractivity contribution in [2.75, 3.05) is 0 Å². The number of carbonyl (C=O) groups excluding carboxylic acids is 2. The maximum Gasteiger partial charge on any atom is 0.172 e. The molecule has 2 saturated carbocycles. The zero-order valence-corrected chi connectivity index (χ0v) is 14.6. The first kappa shape index (κ1) is 15.0. The Kier molecular flexibility index (Phi) is 2.57. The van der Waals surface area contributed by atoms with Gasteiger partial charge in [0.2, 0.25) is 0 Å². The van der Waals surface area contributed by atoms with Gasteiger partial charge in [0.15, 0.2) is 23.3 Å². The van der Waals surface area contributed by atoms with Crippen LogP contribution in [0.15, 0.2) is 54.6 Å². The Hall–Kier alpha value is -2.26. The number of hydrogen-bond donors (Lipinski definition) is 0. The minimum atomic E-state index is -0.914. The molecule has 2 aromatic rings. The summed E-state index contributed by atoms with van der Waals surface area (Å²) in [5.41, 5.74) is 1.01. The molecule has 0 amide bonds. The van der Waals surface area contributed by atoms with Gasteiger partial charge in [-0.15, -0.1) is 0 Å². The van der Waals surface area contributed by atoms with E-state index < -0.39 is 22.5 Å². The van der Waals surface area contributed by atoms with Crippen molar-refractivity contribution in [2.24, 2.45) is 11.3 Å². The fourth-order valence-corrected chi connectivity index (χ4v) is 5.29. The van der Waals surface area contributed by atoms with Gasteiger partial charge in [0, 0.05) is 11.3 Å². The molecule has 126 valence electrons. The van der Waals surface area contributed by atoms with Crippen molar-refractivity contribution in [2.45, 2.75) is 37.9 Å². The second kappa shape index (κ2) is 4.28. The third-order valence-electron chi connectivity index (χ3n) is 6.79. The van der Waals surface area contributed by atoms with Crippen LogP contribution in [0.1, 0.15) is 30.5 Å². The predicted molar refractivity (Wildman–Crippen MR) is 93.3 cm³/mol. The molecule has 0 bridgehead atoms. The van der Waals surface area contributed by atoms with Crippen molar-refractivity contribution in [3.05, 3.63) is 71.3 Å². The molecule has 0 spiro atoms. The third kappa shape index (κ3) is 1.48. The molecule has 25 heavy (non-hydrogen) atoms. The van der Waals surface area contributed by atoms with Crippen LogP contribution in [0, 0.1) is 18.3 Å². The van der Waals surface area contributed by atoms with Crippen LogP contribution < -0.4 is 0 Å². The standard InChI is InChI=1S/C22H20O3/c1-13-9-11-15(12-10-13)22(14-7-5-4-6-8-14)16-17(23)21(3)19(25-21)18(24)20(16,22)2/h4-12,16,19H,1-3H3/t16-,19?,20+,21?,22+/m1/s1. The van der Waals surface area contributed by atoms with Gasteiger partial charge >= 0.3 is 0 Å². The quantitative estimate of drug-likeness (QED) is 0.793. The minimum absolute atomic E-state index is 0.0732. The molecule has 1 saturated heterocycles. The summed E-state index contributed by atoms with van der Waals surface area (Å²) in [6, 6.07) is 18.3. The molecule has 3 heteroatoms. The van der Waals surface area contributed by atoms with E-state index in [0.717, 1.165) is 16.7 Å². The number of fused-ring (bicyclic) bond motifs is 2. The molecule has 1 aliphatic heterocycles. The molecule has 1 heterocycles. The number of aryl methyl sites for hydroxylation is 1. The summed E-state index contributed by atoms with van der Waals surface area (Å²) in [6.45, 7) is 5.76. The SMILES string of the molecule is Cc1ccc([C@@]2(c3ccccc3)[C@@H]3C(=O)C4(C)OC4C(=O)[C@]32C)cc1. The smallest absolute Gasteiger partial charge is 0.172 e. The fraction of sp³-hybridized carbons (Fsp3) is 0.364. The lowest BCUT2D eigenvalue weighted by Gasteiger charge is -2.23. The minimum Gasteiger partial charge on any atom is -0.350 e. The number of Topliss-reactive ketones (excluding diaryl/α,β-unsaturated/α-hetero) is 2. The first-order chi connectivity index (χ1) is 11.9. The number of rotatable bonds is 2. The summed E-state index contributed by atoms with van der Waals surface area (Å²) < 4.78 is 5.54. The van der Waals surface area contributed by atoms with Gasteiger partial charge in [-0.3, -0.25) is 9.59 Å². The van der Waals surface area contributed by atoms with E-state index in [1.54, 1.807) is 6.92 Å². The summed E-state index contributed by atoms with van der Waals surface area (Å²) in [7, 11) is 0. The molecule has 0 aromatic heterocycles. The highest BCUT2D eigenvalue weighted by Gasteiger charge is 2.90. The van der Waals surface area contributed by atoms with Crippen LogP contribution in [0.2, 0.25) is 0 Å². The van der Waals surface area contributed by atoms with Gasteiger partial charge in [-0.25, -0.2) is 0 Å². The fourth-order valence-electron chi connectivity index (χ4n) is 5.29. The van der Waals surface area contributed by atoms with Gasteiger partial charge < -0.3 is 4.74 Å². The lowest BCUT2D eigenvalue weighted by atomic mass is 9.78. The molecule has 3 fully saturated rings. The van der Waals surface area contributed by atoms with Gasteiger partial charge in [0.1, 0.15) is 0 Å². The Morgan fingerprint density at radius 3 is 2.08 bits per heavy atom. The Labute approximate surface area is 147 Å². The van der Waals surface area contributed by atoms with E-state index in [1.807, 2.05) is 44.2 Å². The maximum atomic E-state index is 13.2. The lowest BCUT2D eigenvalue weighted by Crippen LogP contribution is -2.39. The Morgan fingerprint density at radius 2 is 1.44 bits per heavy atom. The molecule has 5 atom stereocenters. The maximum absolute atomic E-state index is 13.2. The molecule has 0 N–H and O–H groups in total. The number of carbonyl (C=O) groups is 2. The van der Waals surface area contributed by atoms with Crippen LogP contribution in [0.25, 0.3) is 0 Å². The van der Waals surface area contributed by atoms with Gasteiger partial charge in [-0.05, 0) is 25.0 Å². The molecule has 2 aliphatic carbocycles. The van der Waals surface area contributed by atoms with Crippen LogP contribution in [0.5, 0.6) is 0 Å². The van der Waals surface area contributed by atoms with E-state index in [0.29, 0.717) is 0 Å². The van der Waals surface area contributed by atoms with Gasteiger partial charge in [-0.2, -0.15) is 0 Å². The van der Waals surface area contributed by atoms with Crippen molar-refractivity contribution in [3.63, 3.8) is 0 Å². The van der Waals surface area contributed by atoms with Crippen LogP contribution in [0.3, 0.4) is 0 Å². The van der Waals surface area contributed by atoms with Crippen LogP contribution in [0.4, 0.5) is 0 Å². The number of benzene rings is 2. The van der Waals surface area contributed by atoms with Crippen LogP contribution in [-0.4, -0.2) is 23.3 Å². The first-order valence-corrected chi connectivity index (χ1v) is 8.77. The molecule has 2 aromatic carbocycles. The molecule has 3 aliphatic rings. The summed E-state index contributed by atoms with van der Waals surface area (Å²) >= 11 is 0. The third-order valence-corrected chi connectivity index (χ3v) is 6.79. The number of ketones is 2. The van der Waals surface area contributed by atoms with Crippen molar-refractivity contribution in [1.82, 2.24) is 0 Å². The second-order valence-electron chi connectivity index (χ2n) is 8.01. The lowest BCUT2D eigenvalue weighted by molar-refractivity contribution is -0.132. The monoisotopic (exact) mass is 332 g/mol. The van der Waals surface area contributed by atoms with Gasteiger partial charge in [0.25, 0.3) is 0 Å². The Morgan fingerprint density at radius 1 is 0.840 bits per heavy atom. The summed E-state index contributed by atoms with van der Waals surface area (Å²) in [6.07, 6.45) is -0.572. The Balaban J connectivity index is 1.78. The topological polar surface area (TPSA) is 46.7 Å². The normalized spacial score (nSPS) is 41.1. The zero-order chi connectivity index (χ0) is 17.6. The molecule has 3 nitrogen and oxygen atoms in total. The van der Waals surface area contributed by atoms with E-state index in [2.05, 4.69) is 24.3 Å². The van der Waals surface area contributed by atoms with Crippen molar-refractivity contribution in [3.8, 4) is 0 Å². The molecule has 0 radical (unpaired) electrons. The highest BCUT2D eigenvalue weighted by molar-refractivity contribution is 6.17. The average Bonchev–Trinajstić information content (AvgIpc) is 3.47.